The Morgan fingerprint density at radius 2 is 1.74 bits per heavy atom. The fourth-order valence-electron chi connectivity index (χ4n) is 4.03. The second kappa shape index (κ2) is 5.06. The number of piperazine rings is 1. The predicted octanol–water partition coefficient (Wildman–Crippen LogP) is 0.732. The molecule has 7 heteroatoms. The summed E-state index contributed by atoms with van der Waals surface area (Å²) in [5.41, 5.74) is 2.59. The van der Waals surface area contributed by atoms with Crippen molar-refractivity contribution in [3.63, 3.8) is 0 Å². The lowest BCUT2D eigenvalue weighted by atomic mass is 9.94. The van der Waals surface area contributed by atoms with Crippen LogP contribution < -0.4 is 0 Å². The third-order valence-electron chi connectivity index (χ3n) is 5.37. The fourth-order valence-corrected chi connectivity index (χ4v) is 4.03. The van der Waals surface area contributed by atoms with Crippen LogP contribution in [0.2, 0.25) is 0 Å². The van der Waals surface area contributed by atoms with Crippen molar-refractivity contribution in [2.45, 2.75) is 25.7 Å². The first-order valence-corrected chi connectivity index (χ1v) is 8.76. The minimum Gasteiger partial charge on any atom is -0.338 e. The fraction of sp³-hybridized carbons (Fsp3) is 0.688. The van der Waals surface area contributed by atoms with E-state index in [2.05, 4.69) is 26.9 Å². The number of guanidine groups is 2. The number of rotatable bonds is 0. The van der Waals surface area contributed by atoms with Gasteiger partial charge in [-0.2, -0.15) is 10.0 Å². The molecule has 23 heavy (non-hydrogen) atoms. The summed E-state index contributed by atoms with van der Waals surface area (Å²) in [7, 11) is 2.19. The Kier molecular flexibility index (Phi) is 2.98. The molecule has 1 aliphatic carbocycles. The van der Waals surface area contributed by atoms with Crippen LogP contribution in [0.25, 0.3) is 0 Å². The van der Waals surface area contributed by atoms with E-state index in [4.69, 9.17) is 15.0 Å². The van der Waals surface area contributed by atoms with Gasteiger partial charge in [-0.05, 0) is 32.7 Å². The van der Waals surface area contributed by atoms with Gasteiger partial charge in [0, 0.05) is 31.8 Å². The van der Waals surface area contributed by atoms with E-state index in [0.29, 0.717) is 0 Å². The smallest absolute Gasteiger partial charge is 0.254 e. The quantitative estimate of drug-likeness (QED) is 0.662. The first kappa shape index (κ1) is 13.5. The second-order valence-electron chi connectivity index (χ2n) is 6.89. The van der Waals surface area contributed by atoms with Gasteiger partial charge in [-0.3, -0.25) is 4.99 Å². The molecule has 5 rings (SSSR count). The van der Waals surface area contributed by atoms with Crippen LogP contribution in [-0.4, -0.2) is 83.9 Å². The zero-order valence-electron chi connectivity index (χ0n) is 13.7. The predicted molar refractivity (Wildman–Crippen MR) is 90.3 cm³/mol. The number of nitrogens with zero attached hydrogens (tertiary/aromatic N) is 7. The number of amidine groups is 1. The third kappa shape index (κ3) is 2.02. The molecule has 0 spiro atoms. The van der Waals surface area contributed by atoms with Gasteiger partial charge in [0.05, 0.1) is 18.8 Å². The minimum absolute atomic E-state index is 0.832. The molecule has 0 unspecified atom stereocenters. The van der Waals surface area contributed by atoms with Crippen LogP contribution in [0.4, 0.5) is 0 Å². The highest BCUT2D eigenvalue weighted by atomic mass is 15.8. The Balaban J connectivity index is 1.52. The molecule has 1 fully saturated rings. The van der Waals surface area contributed by atoms with Crippen LogP contribution in [0.3, 0.4) is 0 Å². The zero-order valence-corrected chi connectivity index (χ0v) is 13.7. The topological polar surface area (TPSA) is 50.0 Å². The summed E-state index contributed by atoms with van der Waals surface area (Å²) in [5, 5.41) is 4.46. The molecule has 0 aromatic rings. The highest BCUT2D eigenvalue weighted by Crippen LogP contribution is 2.35. The molecule has 0 radical (unpaired) electrons. The molecule has 0 atom stereocenters. The SMILES string of the molecule is CN1CCN(C2=NC3=NC4=C(CCCC4)C4=NCCN2N34)CC1. The summed E-state index contributed by atoms with van der Waals surface area (Å²) < 4.78 is 0. The normalized spacial score (nSPS) is 27.5. The summed E-state index contributed by atoms with van der Waals surface area (Å²) in [6.07, 6.45) is 4.68. The van der Waals surface area contributed by atoms with Crippen molar-refractivity contribution in [1.29, 1.82) is 0 Å². The van der Waals surface area contributed by atoms with Crippen molar-refractivity contribution in [2.24, 2.45) is 15.0 Å². The summed E-state index contributed by atoms with van der Waals surface area (Å²) >= 11 is 0. The first-order valence-electron chi connectivity index (χ1n) is 8.76. The molecule has 0 bridgehead atoms. The molecule has 4 heterocycles. The molecule has 0 N–H and O–H groups in total. The van der Waals surface area contributed by atoms with Gasteiger partial charge in [0.1, 0.15) is 0 Å². The number of hydrogen-bond donors (Lipinski definition) is 0. The maximum atomic E-state index is 4.90. The van der Waals surface area contributed by atoms with Gasteiger partial charge >= 0.3 is 0 Å². The molecule has 1 saturated heterocycles. The van der Waals surface area contributed by atoms with Crippen LogP contribution in [0, 0.1) is 0 Å². The van der Waals surface area contributed by atoms with Gasteiger partial charge in [-0.1, -0.05) is 0 Å². The molecule has 0 saturated carbocycles. The molecule has 0 aromatic carbocycles. The van der Waals surface area contributed by atoms with Gasteiger partial charge in [-0.25, -0.2) is 10.0 Å². The van der Waals surface area contributed by atoms with E-state index >= 15 is 0 Å². The van der Waals surface area contributed by atoms with Gasteiger partial charge < -0.3 is 9.80 Å². The van der Waals surface area contributed by atoms with E-state index in [0.717, 1.165) is 69.9 Å². The maximum absolute atomic E-state index is 4.90. The minimum atomic E-state index is 0.832. The van der Waals surface area contributed by atoms with Gasteiger partial charge in [0.2, 0.25) is 5.96 Å². The first-order chi connectivity index (χ1) is 11.3. The summed E-state index contributed by atoms with van der Waals surface area (Å²) in [5.74, 6) is 3.02. The van der Waals surface area contributed by atoms with Crippen LogP contribution >= 0.6 is 0 Å². The van der Waals surface area contributed by atoms with Crippen LogP contribution in [0.5, 0.6) is 0 Å². The highest BCUT2D eigenvalue weighted by Gasteiger charge is 2.43. The second-order valence-corrected chi connectivity index (χ2v) is 6.89. The Labute approximate surface area is 136 Å². The lowest BCUT2D eigenvalue weighted by Crippen LogP contribution is -2.58. The van der Waals surface area contributed by atoms with Crippen molar-refractivity contribution >= 4 is 17.8 Å². The van der Waals surface area contributed by atoms with E-state index < -0.39 is 0 Å². The Bertz CT molecular complexity index is 651. The average molecular weight is 313 g/mol. The van der Waals surface area contributed by atoms with Crippen LogP contribution in [0.15, 0.2) is 26.2 Å². The van der Waals surface area contributed by atoms with Gasteiger partial charge in [0.15, 0.2) is 5.84 Å². The number of hydrogen-bond acceptors (Lipinski definition) is 7. The van der Waals surface area contributed by atoms with Crippen molar-refractivity contribution in [1.82, 2.24) is 19.8 Å². The summed E-state index contributed by atoms with van der Waals surface area (Å²) in [6, 6.07) is 0. The van der Waals surface area contributed by atoms with E-state index in [1.54, 1.807) is 0 Å². The molecular weight excluding hydrogens is 290 g/mol. The van der Waals surface area contributed by atoms with Crippen molar-refractivity contribution in [2.75, 3.05) is 46.3 Å². The molecule has 122 valence electrons. The number of hydrazine groups is 1. The number of fused-ring (bicyclic) bond motifs is 1. The van der Waals surface area contributed by atoms with E-state index in [9.17, 15) is 0 Å². The standard InChI is InChI=1S/C16H23N7/c1-20-8-10-21(11-9-20)16-19-15-18-13-5-3-2-4-12(13)14-17-6-7-22(16)23(14)15/h2-11H2,1H3. The molecule has 4 aliphatic heterocycles. The lowest BCUT2D eigenvalue weighted by molar-refractivity contribution is 0.157. The summed E-state index contributed by atoms with van der Waals surface area (Å²) in [4.78, 5) is 19.4. The monoisotopic (exact) mass is 313 g/mol. The van der Waals surface area contributed by atoms with Crippen molar-refractivity contribution in [3.8, 4) is 0 Å². The molecule has 0 aromatic heterocycles. The van der Waals surface area contributed by atoms with Gasteiger partial charge in [-0.15, -0.1) is 0 Å². The van der Waals surface area contributed by atoms with E-state index in [-0.39, 0.29) is 0 Å². The van der Waals surface area contributed by atoms with Crippen molar-refractivity contribution < 1.29 is 0 Å². The third-order valence-corrected chi connectivity index (χ3v) is 5.37. The van der Waals surface area contributed by atoms with Crippen LogP contribution in [-0.2, 0) is 0 Å². The zero-order chi connectivity index (χ0) is 15.4. The molecular formula is C16H23N7. The van der Waals surface area contributed by atoms with Crippen LogP contribution in [0.1, 0.15) is 25.7 Å². The Morgan fingerprint density at radius 3 is 2.61 bits per heavy atom. The Morgan fingerprint density at radius 1 is 0.913 bits per heavy atom. The average Bonchev–Trinajstić information content (AvgIpc) is 2.96. The maximum Gasteiger partial charge on any atom is 0.254 e. The molecule has 7 nitrogen and oxygen atoms in total. The van der Waals surface area contributed by atoms with Crippen molar-refractivity contribution in [3.05, 3.63) is 11.3 Å². The van der Waals surface area contributed by atoms with E-state index in [1.807, 2.05) is 0 Å². The lowest BCUT2D eigenvalue weighted by Gasteiger charge is -2.42. The molecule has 5 aliphatic rings. The van der Waals surface area contributed by atoms with Gasteiger partial charge in [0.25, 0.3) is 5.96 Å². The number of aliphatic imine (C=N–C) groups is 3. The molecule has 0 amide bonds. The Hall–Kier alpha value is -1.89. The number of allylic oxidation sites excluding steroid dienone is 1. The largest absolute Gasteiger partial charge is 0.338 e. The summed E-state index contributed by atoms with van der Waals surface area (Å²) in [6.45, 7) is 6.00. The number of likely N-dealkylation sites (N-methyl/N-ethyl adjacent to an activating group) is 1. The highest BCUT2D eigenvalue weighted by molar-refractivity contribution is 6.17. The van der Waals surface area contributed by atoms with E-state index in [1.165, 1.54) is 24.1 Å².